The lowest BCUT2D eigenvalue weighted by molar-refractivity contribution is 0.311. The number of benzene rings is 2. The van der Waals surface area contributed by atoms with Gasteiger partial charge in [-0.15, -0.1) is 0 Å². The molecule has 4 rings (SSSR count). The van der Waals surface area contributed by atoms with Gasteiger partial charge in [-0.3, -0.25) is 0 Å². The number of halogens is 1. The summed E-state index contributed by atoms with van der Waals surface area (Å²) in [5.74, 6) is 1.31. The van der Waals surface area contributed by atoms with E-state index in [4.69, 9.17) is 16.3 Å². The van der Waals surface area contributed by atoms with E-state index in [1.54, 1.807) is 12.3 Å². The largest absolute Gasteiger partial charge is 0.504 e. The molecule has 0 bridgehead atoms. The van der Waals surface area contributed by atoms with Gasteiger partial charge in [0.2, 0.25) is 5.95 Å². The SMILES string of the molecule is Cc1ccnc(N2CCOc3c(O)cc(-c4cccc(Cl)c4)cc3C2)n1. The van der Waals surface area contributed by atoms with Crippen LogP contribution in [-0.2, 0) is 6.54 Å². The molecule has 1 aliphatic rings. The van der Waals surface area contributed by atoms with Crippen molar-refractivity contribution in [1.82, 2.24) is 9.97 Å². The summed E-state index contributed by atoms with van der Waals surface area (Å²) < 4.78 is 5.80. The van der Waals surface area contributed by atoms with E-state index in [9.17, 15) is 5.11 Å². The summed E-state index contributed by atoms with van der Waals surface area (Å²) >= 11 is 6.11. The zero-order valence-corrected chi connectivity index (χ0v) is 15.1. The highest BCUT2D eigenvalue weighted by Gasteiger charge is 2.21. The van der Waals surface area contributed by atoms with E-state index in [0.717, 1.165) is 22.4 Å². The third-order valence-corrected chi connectivity index (χ3v) is 4.57. The Morgan fingerprint density at radius 1 is 1.15 bits per heavy atom. The van der Waals surface area contributed by atoms with E-state index in [1.165, 1.54) is 0 Å². The van der Waals surface area contributed by atoms with Crippen LogP contribution < -0.4 is 9.64 Å². The number of anilines is 1. The predicted octanol–water partition coefficient (Wildman–Crippen LogP) is 4.21. The zero-order valence-electron chi connectivity index (χ0n) is 14.3. The summed E-state index contributed by atoms with van der Waals surface area (Å²) in [5, 5.41) is 11.1. The molecule has 0 amide bonds. The molecule has 0 atom stereocenters. The Morgan fingerprint density at radius 3 is 2.85 bits per heavy atom. The lowest BCUT2D eigenvalue weighted by atomic mass is 10.0. The Morgan fingerprint density at radius 2 is 2.04 bits per heavy atom. The number of aromatic nitrogens is 2. The molecule has 0 radical (unpaired) electrons. The van der Waals surface area contributed by atoms with Crippen LogP contribution in [0.1, 0.15) is 11.3 Å². The van der Waals surface area contributed by atoms with Crippen molar-refractivity contribution in [2.24, 2.45) is 0 Å². The molecular formula is C20H18ClN3O2. The number of ether oxygens (including phenoxy) is 1. The van der Waals surface area contributed by atoms with Gasteiger partial charge in [-0.2, -0.15) is 0 Å². The van der Waals surface area contributed by atoms with Crippen LogP contribution in [0, 0.1) is 6.92 Å². The van der Waals surface area contributed by atoms with Gasteiger partial charge < -0.3 is 14.7 Å². The van der Waals surface area contributed by atoms with Crippen molar-refractivity contribution in [2.45, 2.75) is 13.5 Å². The summed E-state index contributed by atoms with van der Waals surface area (Å²) in [7, 11) is 0. The lowest BCUT2D eigenvalue weighted by Crippen LogP contribution is -2.27. The normalized spacial score (nSPS) is 13.7. The Balaban J connectivity index is 1.74. The highest BCUT2D eigenvalue weighted by Crippen LogP contribution is 2.38. The van der Waals surface area contributed by atoms with Gasteiger partial charge >= 0.3 is 0 Å². The van der Waals surface area contributed by atoms with Crippen molar-refractivity contribution < 1.29 is 9.84 Å². The predicted molar refractivity (Wildman–Crippen MR) is 102 cm³/mol. The van der Waals surface area contributed by atoms with Crippen LogP contribution in [0.25, 0.3) is 11.1 Å². The summed E-state index contributed by atoms with van der Waals surface area (Å²) in [4.78, 5) is 10.9. The number of aromatic hydroxyl groups is 1. The fraction of sp³-hybridized carbons (Fsp3) is 0.200. The van der Waals surface area contributed by atoms with Gasteiger partial charge in [-0.05, 0) is 48.4 Å². The van der Waals surface area contributed by atoms with E-state index in [2.05, 4.69) is 14.9 Å². The summed E-state index contributed by atoms with van der Waals surface area (Å²) in [6.07, 6.45) is 1.75. The number of hydrogen-bond donors (Lipinski definition) is 1. The molecule has 2 heterocycles. The molecule has 6 heteroatoms. The van der Waals surface area contributed by atoms with Gasteiger partial charge in [0.15, 0.2) is 11.5 Å². The Hall–Kier alpha value is -2.79. The lowest BCUT2D eigenvalue weighted by Gasteiger charge is -2.20. The van der Waals surface area contributed by atoms with Crippen molar-refractivity contribution in [1.29, 1.82) is 0 Å². The van der Waals surface area contributed by atoms with Crippen LogP contribution >= 0.6 is 11.6 Å². The number of aryl methyl sites for hydroxylation is 1. The molecule has 0 fully saturated rings. The molecule has 1 N–H and O–H groups in total. The second kappa shape index (κ2) is 6.84. The standard InChI is InChI=1S/C20H18ClN3O2/c1-13-5-6-22-20(23-13)24-7-8-26-19-16(12-24)9-15(11-18(19)25)14-3-2-4-17(21)10-14/h2-6,9-11,25H,7-8,12H2,1H3. The topological polar surface area (TPSA) is 58.5 Å². The maximum Gasteiger partial charge on any atom is 0.225 e. The van der Waals surface area contributed by atoms with Gasteiger partial charge in [0, 0.05) is 29.0 Å². The second-order valence-electron chi connectivity index (χ2n) is 6.26. The van der Waals surface area contributed by atoms with Crippen LogP contribution in [0.15, 0.2) is 48.7 Å². The Kier molecular flexibility index (Phi) is 4.39. The monoisotopic (exact) mass is 367 g/mol. The maximum absolute atomic E-state index is 10.5. The van der Waals surface area contributed by atoms with Crippen molar-refractivity contribution in [2.75, 3.05) is 18.1 Å². The molecule has 1 aromatic heterocycles. The van der Waals surface area contributed by atoms with Gasteiger partial charge in [0.1, 0.15) is 6.61 Å². The summed E-state index contributed by atoms with van der Waals surface area (Å²) in [6.45, 7) is 3.59. The molecule has 0 saturated heterocycles. The van der Waals surface area contributed by atoms with Crippen molar-refractivity contribution >= 4 is 17.5 Å². The molecule has 3 aromatic rings. The van der Waals surface area contributed by atoms with Crippen LogP contribution in [0.2, 0.25) is 5.02 Å². The van der Waals surface area contributed by atoms with Crippen molar-refractivity contribution in [3.05, 3.63) is 64.9 Å². The fourth-order valence-corrected chi connectivity index (χ4v) is 3.28. The van der Waals surface area contributed by atoms with Crippen LogP contribution in [0.4, 0.5) is 5.95 Å². The Bertz CT molecular complexity index is 962. The molecular weight excluding hydrogens is 350 g/mol. The molecule has 1 aliphatic heterocycles. The maximum atomic E-state index is 10.5. The van der Waals surface area contributed by atoms with Crippen LogP contribution in [-0.4, -0.2) is 28.2 Å². The first-order valence-corrected chi connectivity index (χ1v) is 8.77. The minimum Gasteiger partial charge on any atom is -0.504 e. The van der Waals surface area contributed by atoms with Gasteiger partial charge in [0.25, 0.3) is 0 Å². The number of nitrogens with zero attached hydrogens (tertiary/aromatic N) is 3. The average Bonchev–Trinajstić information content (AvgIpc) is 2.84. The molecule has 2 aromatic carbocycles. The van der Waals surface area contributed by atoms with Gasteiger partial charge in [-0.1, -0.05) is 23.7 Å². The van der Waals surface area contributed by atoms with Gasteiger partial charge in [-0.25, -0.2) is 9.97 Å². The summed E-state index contributed by atoms with van der Waals surface area (Å²) in [6, 6.07) is 13.2. The smallest absolute Gasteiger partial charge is 0.225 e. The summed E-state index contributed by atoms with van der Waals surface area (Å²) in [5.41, 5.74) is 3.64. The first-order valence-electron chi connectivity index (χ1n) is 8.39. The molecule has 5 nitrogen and oxygen atoms in total. The van der Waals surface area contributed by atoms with E-state index >= 15 is 0 Å². The van der Waals surface area contributed by atoms with Crippen molar-refractivity contribution in [3.8, 4) is 22.6 Å². The van der Waals surface area contributed by atoms with Gasteiger partial charge in [0.05, 0.1) is 6.54 Å². The zero-order chi connectivity index (χ0) is 18.1. The highest BCUT2D eigenvalue weighted by atomic mass is 35.5. The van der Waals surface area contributed by atoms with E-state index in [0.29, 0.717) is 36.4 Å². The number of rotatable bonds is 2. The molecule has 132 valence electrons. The average molecular weight is 368 g/mol. The second-order valence-corrected chi connectivity index (χ2v) is 6.70. The molecule has 0 saturated carbocycles. The number of phenols is 1. The fourth-order valence-electron chi connectivity index (χ4n) is 3.09. The number of phenolic OH excluding ortho intramolecular Hbond substituents is 1. The third-order valence-electron chi connectivity index (χ3n) is 4.34. The molecule has 0 unspecified atom stereocenters. The molecule has 0 spiro atoms. The van der Waals surface area contributed by atoms with Crippen LogP contribution in [0.5, 0.6) is 11.5 Å². The van der Waals surface area contributed by atoms with E-state index in [1.807, 2.05) is 43.3 Å². The third kappa shape index (κ3) is 3.30. The first kappa shape index (κ1) is 16.7. The number of hydrogen-bond acceptors (Lipinski definition) is 5. The minimum absolute atomic E-state index is 0.129. The highest BCUT2D eigenvalue weighted by molar-refractivity contribution is 6.30. The van der Waals surface area contributed by atoms with E-state index in [-0.39, 0.29) is 5.75 Å². The van der Waals surface area contributed by atoms with Crippen LogP contribution in [0.3, 0.4) is 0 Å². The Labute approximate surface area is 156 Å². The van der Waals surface area contributed by atoms with Crippen molar-refractivity contribution in [3.63, 3.8) is 0 Å². The first-order chi connectivity index (χ1) is 12.6. The quantitative estimate of drug-likeness (QED) is 0.735. The molecule has 0 aliphatic carbocycles. The molecule has 26 heavy (non-hydrogen) atoms. The minimum atomic E-state index is 0.129. The van der Waals surface area contributed by atoms with E-state index < -0.39 is 0 Å². The number of fused-ring (bicyclic) bond motifs is 1.